The summed E-state index contributed by atoms with van der Waals surface area (Å²) in [6.07, 6.45) is 1.52. The summed E-state index contributed by atoms with van der Waals surface area (Å²) < 4.78 is 38.0. The molecule has 0 saturated heterocycles. The van der Waals surface area contributed by atoms with E-state index in [9.17, 15) is 12.6 Å². The highest BCUT2D eigenvalue weighted by molar-refractivity contribution is 9.10. The summed E-state index contributed by atoms with van der Waals surface area (Å²) in [6, 6.07) is 3.06. The lowest BCUT2D eigenvalue weighted by Gasteiger charge is -2.10. The highest BCUT2D eigenvalue weighted by Gasteiger charge is 2.17. The Morgan fingerprint density at radius 3 is 2.61 bits per heavy atom. The van der Waals surface area contributed by atoms with Crippen LogP contribution in [0.25, 0.3) is 0 Å². The molecule has 0 fully saturated rings. The van der Waals surface area contributed by atoms with Gasteiger partial charge in [0.2, 0.25) is 10.0 Å². The first kappa shape index (κ1) is 15.6. The minimum absolute atomic E-state index is 0.140. The molecular weight excluding hydrogens is 340 g/mol. The van der Waals surface area contributed by atoms with Gasteiger partial charge in [-0.05, 0) is 40.5 Å². The quantitative estimate of drug-likeness (QED) is 0.771. The zero-order valence-electron chi connectivity index (χ0n) is 10.1. The number of anilines is 1. The third-order valence-electron chi connectivity index (χ3n) is 2.27. The fourth-order valence-corrected chi connectivity index (χ4v) is 3.62. The second-order valence-electron chi connectivity index (χ2n) is 3.81. The number of hydrogen-bond acceptors (Lipinski definition) is 4. The fourth-order valence-electron chi connectivity index (χ4n) is 1.36. The SMILES string of the molecule is Cc1cc(Br)c(N)cc1S(=O)(=O)NCCS(C)=O. The van der Waals surface area contributed by atoms with Crippen LogP contribution in [-0.2, 0) is 20.8 Å². The molecule has 102 valence electrons. The standard InChI is InChI=1S/C10H15BrN2O3S2/c1-7-5-8(11)9(12)6-10(7)18(15,16)13-3-4-17(2)14/h5-6,13H,3-4,12H2,1-2H3. The number of aryl methyl sites for hydroxylation is 1. The lowest BCUT2D eigenvalue weighted by atomic mass is 10.2. The second kappa shape index (κ2) is 6.14. The van der Waals surface area contributed by atoms with E-state index in [2.05, 4.69) is 20.7 Å². The van der Waals surface area contributed by atoms with Gasteiger partial charge in [-0.15, -0.1) is 0 Å². The smallest absolute Gasteiger partial charge is 0.240 e. The molecule has 0 amide bonds. The molecule has 1 unspecified atom stereocenters. The fraction of sp³-hybridized carbons (Fsp3) is 0.400. The van der Waals surface area contributed by atoms with Crippen LogP contribution in [0.4, 0.5) is 5.69 Å². The highest BCUT2D eigenvalue weighted by atomic mass is 79.9. The van der Waals surface area contributed by atoms with Gasteiger partial charge in [0, 0.05) is 39.5 Å². The molecule has 0 aliphatic heterocycles. The maximum atomic E-state index is 12.0. The monoisotopic (exact) mass is 354 g/mol. The molecule has 1 atom stereocenters. The van der Waals surface area contributed by atoms with Crippen molar-refractivity contribution < 1.29 is 12.6 Å². The molecule has 1 aromatic rings. The Morgan fingerprint density at radius 1 is 1.44 bits per heavy atom. The zero-order chi connectivity index (χ0) is 13.9. The number of rotatable bonds is 5. The number of halogens is 1. The summed E-state index contributed by atoms with van der Waals surface area (Å²) >= 11 is 3.24. The van der Waals surface area contributed by atoms with Crippen LogP contribution in [0.2, 0.25) is 0 Å². The Bertz CT molecular complexity index is 573. The zero-order valence-corrected chi connectivity index (χ0v) is 13.3. The molecule has 0 aliphatic carbocycles. The minimum Gasteiger partial charge on any atom is -0.398 e. The van der Waals surface area contributed by atoms with Gasteiger partial charge in [-0.1, -0.05) is 0 Å². The molecule has 5 nitrogen and oxygen atoms in total. The number of benzene rings is 1. The largest absolute Gasteiger partial charge is 0.398 e. The van der Waals surface area contributed by atoms with Crippen LogP contribution in [0.15, 0.2) is 21.5 Å². The molecule has 3 N–H and O–H groups in total. The van der Waals surface area contributed by atoms with Crippen LogP contribution in [0.1, 0.15) is 5.56 Å². The van der Waals surface area contributed by atoms with E-state index in [1.54, 1.807) is 13.0 Å². The van der Waals surface area contributed by atoms with Crippen LogP contribution in [0, 0.1) is 6.92 Å². The predicted molar refractivity (Wildman–Crippen MR) is 77.4 cm³/mol. The van der Waals surface area contributed by atoms with Crippen LogP contribution in [0.5, 0.6) is 0 Å². The van der Waals surface area contributed by atoms with Crippen molar-refractivity contribution >= 4 is 42.4 Å². The average Bonchev–Trinajstić information content (AvgIpc) is 2.22. The minimum atomic E-state index is -3.61. The molecule has 0 saturated carbocycles. The van der Waals surface area contributed by atoms with Crippen molar-refractivity contribution in [2.24, 2.45) is 0 Å². The third-order valence-corrected chi connectivity index (χ3v) is 5.33. The van der Waals surface area contributed by atoms with Crippen molar-refractivity contribution in [3.8, 4) is 0 Å². The van der Waals surface area contributed by atoms with Gasteiger partial charge in [0.1, 0.15) is 0 Å². The van der Waals surface area contributed by atoms with Crippen molar-refractivity contribution in [1.29, 1.82) is 0 Å². The molecule has 0 bridgehead atoms. The van der Waals surface area contributed by atoms with Gasteiger partial charge in [-0.2, -0.15) is 0 Å². The van der Waals surface area contributed by atoms with Crippen molar-refractivity contribution in [2.75, 3.05) is 24.3 Å². The van der Waals surface area contributed by atoms with Gasteiger partial charge in [-0.25, -0.2) is 13.1 Å². The Hall–Kier alpha value is -0.440. The molecule has 18 heavy (non-hydrogen) atoms. The first-order chi connectivity index (χ1) is 8.24. The first-order valence-electron chi connectivity index (χ1n) is 5.09. The van der Waals surface area contributed by atoms with Gasteiger partial charge >= 0.3 is 0 Å². The van der Waals surface area contributed by atoms with Crippen LogP contribution in [0.3, 0.4) is 0 Å². The number of nitrogen functional groups attached to an aromatic ring is 1. The summed E-state index contributed by atoms with van der Waals surface area (Å²) in [5.41, 5.74) is 6.63. The average molecular weight is 355 g/mol. The Balaban J connectivity index is 2.98. The highest BCUT2D eigenvalue weighted by Crippen LogP contribution is 2.26. The lowest BCUT2D eigenvalue weighted by molar-refractivity contribution is 0.583. The maximum Gasteiger partial charge on any atom is 0.240 e. The van der Waals surface area contributed by atoms with E-state index >= 15 is 0 Å². The maximum absolute atomic E-state index is 12.0. The molecule has 0 heterocycles. The summed E-state index contributed by atoms with van der Waals surface area (Å²) in [6.45, 7) is 1.83. The number of hydrogen-bond donors (Lipinski definition) is 2. The third kappa shape index (κ3) is 4.04. The molecule has 1 aromatic carbocycles. The molecule has 8 heteroatoms. The van der Waals surface area contributed by atoms with Crippen molar-refractivity contribution in [3.05, 3.63) is 22.2 Å². The first-order valence-corrected chi connectivity index (χ1v) is 9.09. The summed E-state index contributed by atoms with van der Waals surface area (Å²) in [7, 11) is -4.64. The van der Waals surface area contributed by atoms with Crippen molar-refractivity contribution in [2.45, 2.75) is 11.8 Å². The van der Waals surface area contributed by atoms with Gasteiger partial charge in [0.15, 0.2) is 0 Å². The van der Waals surface area contributed by atoms with E-state index in [0.717, 1.165) is 0 Å². The van der Waals surface area contributed by atoms with Crippen LogP contribution in [-0.4, -0.2) is 31.2 Å². The molecule has 0 aliphatic rings. The van der Waals surface area contributed by atoms with E-state index in [4.69, 9.17) is 5.73 Å². The van der Waals surface area contributed by atoms with E-state index < -0.39 is 20.8 Å². The van der Waals surface area contributed by atoms with E-state index in [0.29, 0.717) is 15.7 Å². The molecule has 0 radical (unpaired) electrons. The van der Waals surface area contributed by atoms with Crippen LogP contribution < -0.4 is 10.5 Å². The van der Waals surface area contributed by atoms with Gasteiger partial charge in [0.25, 0.3) is 0 Å². The van der Waals surface area contributed by atoms with Gasteiger partial charge in [0.05, 0.1) is 4.90 Å². The Morgan fingerprint density at radius 2 is 2.06 bits per heavy atom. The van der Waals surface area contributed by atoms with Crippen molar-refractivity contribution in [1.82, 2.24) is 4.72 Å². The molecule has 0 aromatic heterocycles. The van der Waals surface area contributed by atoms with E-state index in [1.807, 2.05) is 0 Å². The number of nitrogens with one attached hydrogen (secondary N) is 1. The predicted octanol–water partition coefficient (Wildman–Crippen LogP) is 0.997. The number of sulfonamides is 1. The topological polar surface area (TPSA) is 89.3 Å². The molecular formula is C10H15BrN2O3S2. The summed E-state index contributed by atoms with van der Waals surface area (Å²) in [5, 5.41) is 0. The molecule has 0 spiro atoms. The summed E-state index contributed by atoms with van der Waals surface area (Å²) in [5.74, 6) is 0.282. The second-order valence-corrected chi connectivity index (χ2v) is 7.96. The normalized spacial score (nSPS) is 13.5. The van der Waals surface area contributed by atoms with Gasteiger partial charge in [-0.3, -0.25) is 4.21 Å². The summed E-state index contributed by atoms with van der Waals surface area (Å²) in [4.78, 5) is 0.144. The van der Waals surface area contributed by atoms with E-state index in [1.165, 1.54) is 12.3 Å². The Kier molecular flexibility index (Phi) is 5.32. The van der Waals surface area contributed by atoms with Gasteiger partial charge < -0.3 is 5.73 Å². The van der Waals surface area contributed by atoms with Crippen LogP contribution >= 0.6 is 15.9 Å². The molecule has 1 rings (SSSR count). The number of nitrogens with two attached hydrogens (primary N) is 1. The van der Waals surface area contributed by atoms with Crippen molar-refractivity contribution in [3.63, 3.8) is 0 Å². The van der Waals surface area contributed by atoms with E-state index in [-0.39, 0.29) is 17.2 Å². The Labute approximate surface area is 118 Å². The lowest BCUT2D eigenvalue weighted by Crippen LogP contribution is -2.28.